The molecule has 0 bridgehead atoms. The average molecular weight is 288 g/mol. The summed E-state index contributed by atoms with van der Waals surface area (Å²) >= 11 is 0. The Morgan fingerprint density at radius 3 is 2.19 bits per heavy atom. The molecule has 1 unspecified atom stereocenters. The highest BCUT2D eigenvalue weighted by Crippen LogP contribution is 2.34. The van der Waals surface area contributed by atoms with Crippen molar-refractivity contribution in [1.29, 1.82) is 0 Å². The van der Waals surface area contributed by atoms with Crippen LogP contribution in [0.5, 0.6) is 0 Å². The molecular weight excluding hydrogens is 256 g/mol. The standard InChI is InChI=1S/C19H32N2/c1-4-15-20-19(16-9-7-5-6-8-10-16)17-11-13-18(14-12-17)21(2)3/h11-14,16,19-20H,4-10,15H2,1-3H3. The van der Waals surface area contributed by atoms with Crippen molar-refractivity contribution in [1.82, 2.24) is 5.32 Å². The Kier molecular flexibility index (Phi) is 6.56. The zero-order chi connectivity index (χ0) is 15.1. The Labute approximate surface area is 130 Å². The minimum atomic E-state index is 0.541. The monoisotopic (exact) mass is 288 g/mol. The Balaban J connectivity index is 2.13. The Hall–Kier alpha value is -1.02. The van der Waals surface area contributed by atoms with Crippen LogP contribution >= 0.6 is 0 Å². The molecule has 1 aliphatic rings. The smallest absolute Gasteiger partial charge is 0.0361 e. The van der Waals surface area contributed by atoms with E-state index in [9.17, 15) is 0 Å². The van der Waals surface area contributed by atoms with Crippen molar-refractivity contribution in [2.75, 3.05) is 25.5 Å². The zero-order valence-corrected chi connectivity index (χ0v) is 14.1. The van der Waals surface area contributed by atoms with Gasteiger partial charge >= 0.3 is 0 Å². The van der Waals surface area contributed by atoms with Crippen molar-refractivity contribution in [3.05, 3.63) is 29.8 Å². The number of hydrogen-bond acceptors (Lipinski definition) is 2. The first-order valence-corrected chi connectivity index (χ1v) is 8.73. The summed E-state index contributed by atoms with van der Waals surface area (Å²) in [6.07, 6.45) is 9.65. The number of anilines is 1. The fourth-order valence-corrected chi connectivity index (χ4v) is 3.48. The lowest BCUT2D eigenvalue weighted by Crippen LogP contribution is -2.29. The van der Waals surface area contributed by atoms with Crippen LogP contribution in [-0.2, 0) is 0 Å². The van der Waals surface area contributed by atoms with Crippen molar-refractivity contribution in [2.45, 2.75) is 57.9 Å². The number of benzene rings is 1. The van der Waals surface area contributed by atoms with Gasteiger partial charge in [0, 0.05) is 25.8 Å². The summed E-state index contributed by atoms with van der Waals surface area (Å²) in [5.41, 5.74) is 2.76. The van der Waals surface area contributed by atoms with Crippen LogP contribution in [0.4, 0.5) is 5.69 Å². The van der Waals surface area contributed by atoms with Crippen molar-refractivity contribution in [2.24, 2.45) is 5.92 Å². The Morgan fingerprint density at radius 1 is 1.05 bits per heavy atom. The molecule has 2 rings (SSSR count). The van der Waals surface area contributed by atoms with Crippen LogP contribution in [0.15, 0.2) is 24.3 Å². The van der Waals surface area contributed by atoms with E-state index in [4.69, 9.17) is 0 Å². The minimum Gasteiger partial charge on any atom is -0.378 e. The van der Waals surface area contributed by atoms with Gasteiger partial charge in [-0.05, 0) is 49.4 Å². The predicted molar refractivity (Wildman–Crippen MR) is 93.0 cm³/mol. The molecule has 1 aromatic rings. The number of rotatable bonds is 6. The fraction of sp³-hybridized carbons (Fsp3) is 0.684. The first-order valence-electron chi connectivity index (χ1n) is 8.73. The third-order valence-corrected chi connectivity index (χ3v) is 4.75. The van der Waals surface area contributed by atoms with E-state index in [-0.39, 0.29) is 0 Å². The second kappa shape index (κ2) is 8.43. The van der Waals surface area contributed by atoms with Gasteiger partial charge in [0.05, 0.1) is 0 Å². The molecule has 21 heavy (non-hydrogen) atoms. The summed E-state index contributed by atoms with van der Waals surface area (Å²) < 4.78 is 0. The molecule has 1 fully saturated rings. The third-order valence-electron chi connectivity index (χ3n) is 4.75. The van der Waals surface area contributed by atoms with Gasteiger partial charge < -0.3 is 10.2 Å². The maximum absolute atomic E-state index is 3.82. The molecule has 0 radical (unpaired) electrons. The number of nitrogens with one attached hydrogen (secondary N) is 1. The van der Waals surface area contributed by atoms with Crippen LogP contribution in [0.3, 0.4) is 0 Å². The summed E-state index contributed by atoms with van der Waals surface area (Å²) in [5, 5.41) is 3.82. The molecule has 2 heteroatoms. The van der Waals surface area contributed by atoms with E-state index in [0.29, 0.717) is 6.04 Å². The van der Waals surface area contributed by atoms with E-state index in [0.717, 1.165) is 12.5 Å². The van der Waals surface area contributed by atoms with Gasteiger partial charge in [-0.2, -0.15) is 0 Å². The molecule has 1 aromatic carbocycles. The second-order valence-electron chi connectivity index (χ2n) is 6.67. The molecule has 0 amide bonds. The van der Waals surface area contributed by atoms with Gasteiger partial charge in [-0.15, -0.1) is 0 Å². The molecule has 1 saturated carbocycles. The van der Waals surface area contributed by atoms with E-state index in [1.165, 1.54) is 56.2 Å². The largest absolute Gasteiger partial charge is 0.378 e. The first kappa shape index (κ1) is 16.4. The lowest BCUT2D eigenvalue weighted by Gasteiger charge is -2.28. The maximum atomic E-state index is 3.82. The van der Waals surface area contributed by atoms with Crippen LogP contribution in [-0.4, -0.2) is 20.6 Å². The molecule has 0 saturated heterocycles. The molecule has 0 heterocycles. The first-order chi connectivity index (χ1) is 10.2. The van der Waals surface area contributed by atoms with Crippen LogP contribution in [0.25, 0.3) is 0 Å². The molecule has 2 nitrogen and oxygen atoms in total. The maximum Gasteiger partial charge on any atom is 0.0361 e. The SMILES string of the molecule is CCCNC(c1ccc(N(C)C)cc1)C1CCCCCC1. The van der Waals surface area contributed by atoms with Gasteiger partial charge in [0.25, 0.3) is 0 Å². The van der Waals surface area contributed by atoms with Gasteiger partial charge in [0.1, 0.15) is 0 Å². The lowest BCUT2D eigenvalue weighted by atomic mass is 9.87. The summed E-state index contributed by atoms with van der Waals surface area (Å²) in [7, 11) is 4.21. The quantitative estimate of drug-likeness (QED) is 0.759. The van der Waals surface area contributed by atoms with Gasteiger partial charge in [-0.3, -0.25) is 0 Å². The summed E-state index contributed by atoms with van der Waals surface area (Å²) in [4.78, 5) is 2.17. The summed E-state index contributed by atoms with van der Waals surface area (Å²) in [6, 6.07) is 9.71. The predicted octanol–water partition coefficient (Wildman–Crippen LogP) is 4.76. The fourth-order valence-electron chi connectivity index (χ4n) is 3.48. The second-order valence-corrected chi connectivity index (χ2v) is 6.67. The van der Waals surface area contributed by atoms with Gasteiger partial charge in [0.2, 0.25) is 0 Å². The van der Waals surface area contributed by atoms with Crippen LogP contribution in [0.2, 0.25) is 0 Å². The van der Waals surface area contributed by atoms with Crippen LogP contribution in [0, 0.1) is 5.92 Å². The summed E-state index contributed by atoms with van der Waals surface area (Å²) in [6.45, 7) is 3.38. The molecule has 1 N–H and O–H groups in total. The van der Waals surface area contributed by atoms with Gasteiger partial charge in [-0.25, -0.2) is 0 Å². The van der Waals surface area contributed by atoms with Crippen molar-refractivity contribution < 1.29 is 0 Å². The summed E-state index contributed by atoms with van der Waals surface area (Å²) in [5.74, 6) is 0.809. The zero-order valence-electron chi connectivity index (χ0n) is 14.1. The van der Waals surface area contributed by atoms with Gasteiger partial charge in [-0.1, -0.05) is 44.7 Å². The molecule has 0 aliphatic heterocycles. The van der Waals surface area contributed by atoms with E-state index in [2.05, 4.69) is 55.5 Å². The van der Waals surface area contributed by atoms with Crippen LogP contribution < -0.4 is 10.2 Å². The van der Waals surface area contributed by atoms with Gasteiger partial charge in [0.15, 0.2) is 0 Å². The minimum absolute atomic E-state index is 0.541. The van der Waals surface area contributed by atoms with Crippen molar-refractivity contribution >= 4 is 5.69 Å². The highest BCUT2D eigenvalue weighted by molar-refractivity contribution is 5.46. The third kappa shape index (κ3) is 4.74. The molecule has 0 aromatic heterocycles. The van der Waals surface area contributed by atoms with E-state index >= 15 is 0 Å². The molecule has 1 aliphatic carbocycles. The molecule has 1 atom stereocenters. The highest BCUT2D eigenvalue weighted by atomic mass is 15.1. The van der Waals surface area contributed by atoms with Crippen LogP contribution in [0.1, 0.15) is 63.5 Å². The normalized spacial score (nSPS) is 18.2. The van der Waals surface area contributed by atoms with E-state index < -0.39 is 0 Å². The lowest BCUT2D eigenvalue weighted by molar-refractivity contribution is 0.326. The average Bonchev–Trinajstić information content (AvgIpc) is 2.77. The van der Waals surface area contributed by atoms with E-state index in [1.54, 1.807) is 0 Å². The molecule has 0 spiro atoms. The van der Waals surface area contributed by atoms with Crippen molar-refractivity contribution in [3.8, 4) is 0 Å². The Morgan fingerprint density at radius 2 is 1.67 bits per heavy atom. The number of hydrogen-bond donors (Lipinski definition) is 1. The topological polar surface area (TPSA) is 15.3 Å². The number of nitrogens with zero attached hydrogens (tertiary/aromatic N) is 1. The molecular formula is C19H32N2. The Bertz CT molecular complexity index is 389. The van der Waals surface area contributed by atoms with Crippen molar-refractivity contribution in [3.63, 3.8) is 0 Å². The molecule has 118 valence electrons. The van der Waals surface area contributed by atoms with E-state index in [1.807, 2.05) is 0 Å². The highest BCUT2D eigenvalue weighted by Gasteiger charge is 2.23.